The molecule has 0 spiro atoms. The van der Waals surface area contributed by atoms with Gasteiger partial charge in [0.2, 0.25) is 0 Å². The Hall–Kier alpha value is -3.43. The van der Waals surface area contributed by atoms with Crippen LogP contribution in [-0.2, 0) is 4.79 Å². The van der Waals surface area contributed by atoms with Crippen LogP contribution in [0.4, 0.5) is 11.4 Å². The largest absolute Gasteiger partial charge is 0.508 e. The number of benzene rings is 1. The quantitative estimate of drug-likeness (QED) is 0.0855. The molecule has 0 saturated carbocycles. The number of aromatic hydroxyl groups is 1. The molecule has 1 rings (SSSR count). The number of carbonyl (C=O) groups is 1. The highest BCUT2D eigenvalue weighted by molar-refractivity contribution is 5.98. The number of nitro benzene ring substituents is 1. The van der Waals surface area contributed by atoms with Gasteiger partial charge in [0.1, 0.15) is 22.8 Å². The lowest BCUT2D eigenvalue weighted by atomic mass is 10.1. The number of nitro groups is 1. The minimum Gasteiger partial charge on any atom is -0.508 e. The predicted molar refractivity (Wildman–Crippen MR) is 111 cm³/mol. The van der Waals surface area contributed by atoms with Gasteiger partial charge in [-0.3, -0.25) is 14.9 Å². The maximum Gasteiger partial charge on any atom is 0.296 e. The van der Waals surface area contributed by atoms with E-state index in [-0.39, 0.29) is 28.5 Å². The van der Waals surface area contributed by atoms with Gasteiger partial charge < -0.3 is 32.3 Å². The van der Waals surface area contributed by atoms with Crippen molar-refractivity contribution in [1.82, 2.24) is 5.32 Å². The molecular formula is C19H29N5O5. The Balaban J connectivity index is 3.35. The Morgan fingerprint density at radius 2 is 1.97 bits per heavy atom. The molecule has 0 heterocycles. The third-order valence-corrected chi connectivity index (χ3v) is 4.01. The van der Waals surface area contributed by atoms with Gasteiger partial charge in [-0.05, 0) is 30.9 Å². The van der Waals surface area contributed by atoms with Crippen molar-refractivity contribution in [2.45, 2.75) is 40.0 Å². The van der Waals surface area contributed by atoms with Gasteiger partial charge in [-0.1, -0.05) is 27.2 Å². The number of rotatable bonds is 10. The molecule has 0 aromatic heterocycles. The summed E-state index contributed by atoms with van der Waals surface area (Å²) >= 11 is 0. The summed E-state index contributed by atoms with van der Waals surface area (Å²) in [6.07, 6.45) is 1.68. The molecule has 1 aromatic carbocycles. The number of aliphatic hydroxyl groups is 1. The number of amides is 1. The summed E-state index contributed by atoms with van der Waals surface area (Å²) in [6.45, 7) is 6.21. The molecule has 160 valence electrons. The highest BCUT2D eigenvalue weighted by Gasteiger charge is 2.23. The first-order valence-electron chi connectivity index (χ1n) is 9.28. The lowest BCUT2D eigenvalue weighted by Gasteiger charge is -2.16. The molecule has 0 unspecified atom stereocenters. The monoisotopic (exact) mass is 407 g/mol. The van der Waals surface area contributed by atoms with Gasteiger partial charge in [0.15, 0.2) is 5.76 Å². The third kappa shape index (κ3) is 6.91. The SMILES string of the molecule is CCCC(N)=C(O)C(C(=O)NCCC(C)C)=C(N)Nc1ccc(O)cc1[N+](=O)[O-]. The first kappa shape index (κ1) is 23.6. The summed E-state index contributed by atoms with van der Waals surface area (Å²) in [5, 5.41) is 36.4. The lowest BCUT2D eigenvalue weighted by molar-refractivity contribution is -0.384. The highest BCUT2D eigenvalue weighted by Crippen LogP contribution is 2.29. The van der Waals surface area contributed by atoms with E-state index in [2.05, 4.69) is 10.6 Å². The topological polar surface area (TPSA) is 177 Å². The van der Waals surface area contributed by atoms with Crippen molar-refractivity contribution in [2.24, 2.45) is 17.4 Å². The van der Waals surface area contributed by atoms with E-state index in [0.29, 0.717) is 31.7 Å². The van der Waals surface area contributed by atoms with Crippen molar-refractivity contribution < 1.29 is 19.9 Å². The third-order valence-electron chi connectivity index (χ3n) is 4.01. The Morgan fingerprint density at radius 3 is 2.52 bits per heavy atom. The van der Waals surface area contributed by atoms with E-state index in [9.17, 15) is 25.1 Å². The predicted octanol–water partition coefficient (Wildman–Crippen LogP) is 2.57. The summed E-state index contributed by atoms with van der Waals surface area (Å²) in [6, 6.07) is 3.41. The van der Waals surface area contributed by atoms with Gasteiger partial charge in [0.05, 0.1) is 16.7 Å². The molecule has 10 heteroatoms. The number of carbonyl (C=O) groups excluding carboxylic acids is 1. The Kier molecular flexibility index (Phi) is 8.78. The van der Waals surface area contributed by atoms with Gasteiger partial charge in [0, 0.05) is 6.54 Å². The second-order valence-electron chi connectivity index (χ2n) is 6.93. The van der Waals surface area contributed by atoms with Gasteiger partial charge in [0.25, 0.3) is 11.6 Å². The zero-order chi connectivity index (χ0) is 22.1. The number of aliphatic hydroxyl groups excluding tert-OH is 1. The fourth-order valence-electron chi connectivity index (χ4n) is 2.45. The molecule has 8 N–H and O–H groups in total. The number of allylic oxidation sites excluding steroid dienone is 1. The number of nitrogens with one attached hydrogen (secondary N) is 2. The Labute approximate surface area is 169 Å². The second kappa shape index (κ2) is 10.8. The van der Waals surface area contributed by atoms with Crippen LogP contribution in [0.25, 0.3) is 0 Å². The summed E-state index contributed by atoms with van der Waals surface area (Å²) in [4.78, 5) is 23.2. The number of phenolic OH excluding ortho intramolecular Hbond substituents is 1. The maximum atomic E-state index is 12.7. The van der Waals surface area contributed by atoms with Gasteiger partial charge in [-0.25, -0.2) is 0 Å². The van der Waals surface area contributed by atoms with Crippen LogP contribution in [0.1, 0.15) is 40.0 Å². The van der Waals surface area contributed by atoms with Crippen LogP contribution in [-0.4, -0.2) is 27.6 Å². The van der Waals surface area contributed by atoms with Crippen LogP contribution < -0.4 is 22.1 Å². The van der Waals surface area contributed by atoms with Crippen LogP contribution >= 0.6 is 0 Å². The number of hydrogen-bond acceptors (Lipinski definition) is 8. The zero-order valence-electron chi connectivity index (χ0n) is 16.9. The van der Waals surface area contributed by atoms with E-state index in [0.717, 1.165) is 6.07 Å². The first-order chi connectivity index (χ1) is 13.6. The fourth-order valence-corrected chi connectivity index (χ4v) is 2.45. The summed E-state index contributed by atoms with van der Waals surface area (Å²) < 4.78 is 0. The average molecular weight is 407 g/mol. The normalized spacial score (nSPS) is 12.8. The molecule has 0 saturated heterocycles. The molecule has 0 aliphatic rings. The van der Waals surface area contributed by atoms with E-state index in [1.54, 1.807) is 0 Å². The van der Waals surface area contributed by atoms with Crippen LogP contribution in [0.15, 0.2) is 41.0 Å². The van der Waals surface area contributed by atoms with Crippen molar-refractivity contribution in [3.63, 3.8) is 0 Å². The molecule has 0 radical (unpaired) electrons. The van der Waals surface area contributed by atoms with Crippen molar-refractivity contribution in [3.05, 3.63) is 51.2 Å². The van der Waals surface area contributed by atoms with Gasteiger partial charge >= 0.3 is 0 Å². The molecule has 0 aliphatic heterocycles. The zero-order valence-corrected chi connectivity index (χ0v) is 16.9. The Bertz CT molecular complexity index is 817. The van der Waals surface area contributed by atoms with Crippen LogP contribution in [0.5, 0.6) is 5.75 Å². The van der Waals surface area contributed by atoms with E-state index in [1.807, 2.05) is 20.8 Å². The highest BCUT2D eigenvalue weighted by atomic mass is 16.6. The van der Waals surface area contributed by atoms with E-state index < -0.39 is 22.3 Å². The maximum absolute atomic E-state index is 12.7. The molecule has 0 fully saturated rings. The molecule has 0 bridgehead atoms. The summed E-state index contributed by atoms with van der Waals surface area (Å²) in [5.74, 6) is -1.40. The second-order valence-corrected chi connectivity index (χ2v) is 6.93. The fraction of sp³-hybridized carbons (Fsp3) is 0.421. The standard InChI is InChI=1S/C19H29N5O5/c1-4-5-13(20)17(26)16(19(27)22-9-8-11(2)3)18(21)23-14-7-6-12(25)10-15(14)24(28)29/h6-7,10-11,23,25-26H,4-5,8-9,20-21H2,1-3H3,(H,22,27). The number of nitrogens with zero attached hydrogens (tertiary/aromatic N) is 1. The molecule has 29 heavy (non-hydrogen) atoms. The molecule has 1 aromatic rings. The number of phenols is 1. The average Bonchev–Trinajstić information content (AvgIpc) is 2.63. The molecule has 1 amide bonds. The van der Waals surface area contributed by atoms with Gasteiger partial charge in [-0.2, -0.15) is 0 Å². The lowest BCUT2D eigenvalue weighted by Crippen LogP contribution is -2.32. The number of anilines is 1. The van der Waals surface area contributed by atoms with Gasteiger partial charge in [-0.15, -0.1) is 0 Å². The van der Waals surface area contributed by atoms with Crippen LogP contribution in [0.2, 0.25) is 0 Å². The Morgan fingerprint density at radius 1 is 1.31 bits per heavy atom. The van der Waals surface area contributed by atoms with Crippen molar-refractivity contribution >= 4 is 17.3 Å². The first-order valence-corrected chi connectivity index (χ1v) is 9.28. The van der Waals surface area contributed by atoms with Crippen LogP contribution in [0, 0.1) is 16.0 Å². The molecule has 0 aliphatic carbocycles. The smallest absolute Gasteiger partial charge is 0.296 e. The van der Waals surface area contributed by atoms with E-state index in [1.165, 1.54) is 12.1 Å². The van der Waals surface area contributed by atoms with E-state index in [4.69, 9.17) is 11.5 Å². The van der Waals surface area contributed by atoms with Crippen molar-refractivity contribution in [2.75, 3.05) is 11.9 Å². The van der Waals surface area contributed by atoms with Crippen molar-refractivity contribution in [3.8, 4) is 5.75 Å². The molecule has 10 nitrogen and oxygen atoms in total. The van der Waals surface area contributed by atoms with Crippen molar-refractivity contribution in [1.29, 1.82) is 0 Å². The van der Waals surface area contributed by atoms with Crippen LogP contribution in [0.3, 0.4) is 0 Å². The summed E-state index contributed by atoms with van der Waals surface area (Å²) in [5.41, 5.74) is 11.1. The minimum absolute atomic E-state index is 0.0559. The summed E-state index contributed by atoms with van der Waals surface area (Å²) in [7, 11) is 0. The number of nitrogens with two attached hydrogens (primary N) is 2. The van der Waals surface area contributed by atoms with E-state index >= 15 is 0 Å². The minimum atomic E-state index is -0.709. The molecule has 0 atom stereocenters. The number of hydrogen-bond donors (Lipinski definition) is 6. The molecular weight excluding hydrogens is 378 g/mol.